The summed E-state index contributed by atoms with van der Waals surface area (Å²) in [5.41, 5.74) is 8.58. The van der Waals surface area contributed by atoms with E-state index in [-0.39, 0.29) is 5.84 Å². The van der Waals surface area contributed by atoms with Crippen LogP contribution in [0.3, 0.4) is 0 Å². The molecule has 1 aliphatic rings. The van der Waals surface area contributed by atoms with Crippen LogP contribution in [0.2, 0.25) is 0 Å². The molecule has 110 valence electrons. The summed E-state index contributed by atoms with van der Waals surface area (Å²) in [6.45, 7) is 5.93. The number of hydrogen-bond acceptors (Lipinski definition) is 4. The van der Waals surface area contributed by atoms with E-state index in [1.807, 2.05) is 19.9 Å². The van der Waals surface area contributed by atoms with Gasteiger partial charge in [-0.05, 0) is 52.4 Å². The molecule has 1 aromatic rings. The van der Waals surface area contributed by atoms with E-state index < -0.39 is 0 Å². The first-order valence-electron chi connectivity index (χ1n) is 7.14. The van der Waals surface area contributed by atoms with Gasteiger partial charge in [-0.3, -0.25) is 5.41 Å². The molecule has 1 saturated heterocycles. The fraction of sp³-hybridized carbons (Fsp3) is 0.600. The van der Waals surface area contributed by atoms with E-state index in [0.717, 1.165) is 42.1 Å². The maximum absolute atomic E-state index is 7.84. The Kier molecular flexibility index (Phi) is 4.28. The molecule has 5 nitrogen and oxygen atoms in total. The summed E-state index contributed by atoms with van der Waals surface area (Å²) in [6, 6.07) is 2.53. The zero-order valence-corrected chi connectivity index (χ0v) is 12.9. The number of aryl methyl sites for hydroxylation is 2. The Hall–Kier alpha value is -1.62. The number of rotatable bonds is 3. The summed E-state index contributed by atoms with van der Waals surface area (Å²) in [6.07, 6.45) is 2.36. The number of anilines is 1. The van der Waals surface area contributed by atoms with Crippen molar-refractivity contribution in [1.82, 2.24) is 9.88 Å². The van der Waals surface area contributed by atoms with Crippen molar-refractivity contribution >= 4 is 11.7 Å². The highest BCUT2D eigenvalue weighted by atomic mass is 15.2. The van der Waals surface area contributed by atoms with Crippen molar-refractivity contribution in [1.29, 1.82) is 5.41 Å². The highest BCUT2D eigenvalue weighted by Crippen LogP contribution is 2.26. The summed E-state index contributed by atoms with van der Waals surface area (Å²) >= 11 is 0. The second-order valence-corrected chi connectivity index (χ2v) is 5.90. The van der Waals surface area contributed by atoms with Gasteiger partial charge in [0.15, 0.2) is 0 Å². The molecule has 0 radical (unpaired) electrons. The van der Waals surface area contributed by atoms with Crippen molar-refractivity contribution < 1.29 is 0 Å². The van der Waals surface area contributed by atoms with Crippen LogP contribution in [0, 0.1) is 19.3 Å². The number of aromatic nitrogens is 1. The predicted molar refractivity (Wildman–Crippen MR) is 83.6 cm³/mol. The Morgan fingerprint density at radius 3 is 2.75 bits per heavy atom. The second kappa shape index (κ2) is 5.79. The number of nitrogens with zero attached hydrogens (tertiary/aromatic N) is 3. The molecule has 5 heteroatoms. The second-order valence-electron chi connectivity index (χ2n) is 5.90. The number of nitrogen functional groups attached to an aromatic ring is 1. The Morgan fingerprint density at radius 1 is 1.45 bits per heavy atom. The molecular weight excluding hydrogens is 250 g/mol. The lowest BCUT2D eigenvalue weighted by Gasteiger charge is -2.37. The summed E-state index contributed by atoms with van der Waals surface area (Å²) in [5.74, 6) is 0.985. The fourth-order valence-electron chi connectivity index (χ4n) is 2.95. The van der Waals surface area contributed by atoms with Gasteiger partial charge < -0.3 is 15.5 Å². The summed E-state index contributed by atoms with van der Waals surface area (Å²) < 4.78 is 0. The van der Waals surface area contributed by atoms with Gasteiger partial charge >= 0.3 is 0 Å². The minimum atomic E-state index is 0.108. The molecule has 0 aliphatic carbocycles. The molecule has 0 aromatic carbocycles. The van der Waals surface area contributed by atoms with E-state index in [2.05, 4.69) is 28.9 Å². The summed E-state index contributed by atoms with van der Waals surface area (Å²) in [5, 5.41) is 7.84. The molecule has 2 heterocycles. The molecule has 0 spiro atoms. The maximum Gasteiger partial charge on any atom is 0.140 e. The SMILES string of the molecule is Cc1cc(C)c(C(=N)N)c(N2CCCC(N(C)C)C2)n1. The molecule has 0 amide bonds. The van der Waals surface area contributed by atoms with Crippen LogP contribution in [0.25, 0.3) is 0 Å². The molecule has 1 fully saturated rings. The van der Waals surface area contributed by atoms with Gasteiger partial charge in [0.25, 0.3) is 0 Å². The number of piperidine rings is 1. The highest BCUT2D eigenvalue weighted by Gasteiger charge is 2.25. The number of hydrogen-bond donors (Lipinski definition) is 2. The van der Waals surface area contributed by atoms with Gasteiger partial charge in [0, 0.05) is 24.8 Å². The molecule has 0 bridgehead atoms. The fourth-order valence-corrected chi connectivity index (χ4v) is 2.95. The number of likely N-dealkylation sites (N-methyl/N-ethyl adjacent to an activating group) is 1. The minimum absolute atomic E-state index is 0.108. The average molecular weight is 275 g/mol. The number of nitrogens with two attached hydrogens (primary N) is 1. The van der Waals surface area contributed by atoms with Crippen molar-refractivity contribution in [2.45, 2.75) is 32.7 Å². The minimum Gasteiger partial charge on any atom is -0.384 e. The highest BCUT2D eigenvalue weighted by molar-refractivity contribution is 6.01. The molecule has 1 unspecified atom stereocenters. The molecule has 20 heavy (non-hydrogen) atoms. The third kappa shape index (κ3) is 2.93. The van der Waals surface area contributed by atoms with Crippen LogP contribution in [0.5, 0.6) is 0 Å². The topological polar surface area (TPSA) is 69.2 Å². The smallest absolute Gasteiger partial charge is 0.140 e. The lowest BCUT2D eigenvalue weighted by Crippen LogP contribution is -2.46. The predicted octanol–water partition coefficient (Wildman–Crippen LogP) is 1.51. The van der Waals surface area contributed by atoms with Gasteiger partial charge in [-0.2, -0.15) is 0 Å². The van der Waals surface area contributed by atoms with Crippen molar-refractivity contribution in [3.8, 4) is 0 Å². The van der Waals surface area contributed by atoms with Gasteiger partial charge in [0.2, 0.25) is 0 Å². The van der Waals surface area contributed by atoms with Gasteiger partial charge in [-0.15, -0.1) is 0 Å². The monoisotopic (exact) mass is 275 g/mol. The zero-order chi connectivity index (χ0) is 14.9. The Labute approximate surface area is 121 Å². The molecule has 1 aromatic heterocycles. The van der Waals surface area contributed by atoms with Crippen LogP contribution in [0.15, 0.2) is 6.07 Å². The third-order valence-corrected chi connectivity index (χ3v) is 4.02. The molecular formula is C15H25N5. The van der Waals surface area contributed by atoms with Crippen LogP contribution in [-0.2, 0) is 0 Å². The van der Waals surface area contributed by atoms with Crippen molar-refractivity contribution in [2.75, 3.05) is 32.1 Å². The van der Waals surface area contributed by atoms with Crippen LogP contribution in [0.4, 0.5) is 5.82 Å². The zero-order valence-electron chi connectivity index (χ0n) is 12.9. The Morgan fingerprint density at radius 2 is 2.15 bits per heavy atom. The van der Waals surface area contributed by atoms with E-state index in [9.17, 15) is 0 Å². The normalized spacial score (nSPS) is 19.4. The molecule has 1 atom stereocenters. The van der Waals surface area contributed by atoms with E-state index in [1.165, 1.54) is 6.42 Å². The average Bonchev–Trinajstić information content (AvgIpc) is 2.37. The molecule has 0 saturated carbocycles. The van der Waals surface area contributed by atoms with Gasteiger partial charge in [-0.1, -0.05) is 0 Å². The summed E-state index contributed by atoms with van der Waals surface area (Å²) in [7, 11) is 4.24. The van der Waals surface area contributed by atoms with E-state index >= 15 is 0 Å². The summed E-state index contributed by atoms with van der Waals surface area (Å²) in [4.78, 5) is 9.21. The third-order valence-electron chi connectivity index (χ3n) is 4.02. The molecule has 3 N–H and O–H groups in total. The maximum atomic E-state index is 7.84. The van der Waals surface area contributed by atoms with Crippen LogP contribution in [0.1, 0.15) is 29.7 Å². The first-order valence-corrected chi connectivity index (χ1v) is 7.14. The van der Waals surface area contributed by atoms with Crippen molar-refractivity contribution in [3.63, 3.8) is 0 Å². The number of pyridine rings is 1. The quantitative estimate of drug-likeness (QED) is 0.648. The van der Waals surface area contributed by atoms with Gasteiger partial charge in [0.1, 0.15) is 11.7 Å². The lowest BCUT2D eigenvalue weighted by molar-refractivity contribution is 0.257. The van der Waals surface area contributed by atoms with Gasteiger partial charge in [0.05, 0.1) is 5.56 Å². The van der Waals surface area contributed by atoms with E-state index in [0.29, 0.717) is 6.04 Å². The van der Waals surface area contributed by atoms with Gasteiger partial charge in [-0.25, -0.2) is 4.98 Å². The first-order chi connectivity index (χ1) is 9.40. The Bertz CT molecular complexity index is 509. The van der Waals surface area contributed by atoms with Crippen LogP contribution >= 0.6 is 0 Å². The van der Waals surface area contributed by atoms with Crippen LogP contribution < -0.4 is 10.6 Å². The van der Waals surface area contributed by atoms with Crippen molar-refractivity contribution in [2.24, 2.45) is 5.73 Å². The van der Waals surface area contributed by atoms with Crippen molar-refractivity contribution in [3.05, 3.63) is 22.9 Å². The molecule has 2 rings (SSSR count). The largest absolute Gasteiger partial charge is 0.384 e. The van der Waals surface area contributed by atoms with Crippen LogP contribution in [-0.4, -0.2) is 48.9 Å². The molecule has 1 aliphatic heterocycles. The van der Waals surface area contributed by atoms with E-state index in [1.54, 1.807) is 0 Å². The van der Waals surface area contributed by atoms with E-state index in [4.69, 9.17) is 11.1 Å². The standard InChI is InChI=1S/C15H25N5/c1-10-8-11(2)18-15(13(10)14(16)17)20-7-5-6-12(9-20)19(3)4/h8,12H,5-7,9H2,1-4H3,(H3,16,17). The number of nitrogens with one attached hydrogen (secondary N) is 1. The number of amidine groups is 1. The Balaban J connectivity index is 2.38. The first kappa shape index (κ1) is 14.8. The lowest BCUT2D eigenvalue weighted by atomic mass is 10.0.